The molecule has 1 nitrogen and oxygen atoms in total. The Kier molecular flexibility index (Phi) is 7.96. The summed E-state index contributed by atoms with van der Waals surface area (Å²) in [6, 6.07) is 76.7. The number of para-hydroxylation sites is 2. The Hall–Kier alpha value is -6.96. The Morgan fingerprint density at radius 2 is 0.796 bits per heavy atom. The van der Waals surface area contributed by atoms with Gasteiger partial charge in [0.25, 0.3) is 0 Å². The average molecular weight is 689 g/mol. The molecular weight excluding hydrogens is 653 g/mol. The molecule has 0 spiro atoms. The molecule has 0 aliphatic rings. The van der Waals surface area contributed by atoms with E-state index in [2.05, 4.69) is 200 Å². The van der Waals surface area contributed by atoms with E-state index in [1.165, 1.54) is 60.8 Å². The highest BCUT2D eigenvalue weighted by Crippen LogP contribution is 2.42. The molecule has 254 valence electrons. The van der Waals surface area contributed by atoms with Gasteiger partial charge in [-0.05, 0) is 78.5 Å². The Labute approximate surface area is 315 Å². The van der Waals surface area contributed by atoms with Gasteiger partial charge in [-0.2, -0.15) is 0 Å². The van der Waals surface area contributed by atoms with Gasteiger partial charge in [-0.3, -0.25) is 0 Å². The molecule has 1 heteroatoms. The minimum Gasteiger partial charge on any atom is -0.455 e. The third-order valence-corrected chi connectivity index (χ3v) is 10.9. The van der Waals surface area contributed by atoms with Crippen molar-refractivity contribution < 1.29 is 4.42 Å². The first kappa shape index (κ1) is 31.7. The van der Waals surface area contributed by atoms with Crippen LogP contribution in [0, 0.1) is 0 Å². The number of hydrogen-bond donors (Lipinski definition) is 0. The van der Waals surface area contributed by atoms with Crippen molar-refractivity contribution in [3.8, 4) is 44.5 Å². The highest BCUT2D eigenvalue weighted by molar-refractivity contribution is 6.09. The van der Waals surface area contributed by atoms with Crippen LogP contribution in [0.15, 0.2) is 217 Å². The van der Waals surface area contributed by atoms with Gasteiger partial charge >= 0.3 is 0 Å². The van der Waals surface area contributed by atoms with Crippen molar-refractivity contribution in [2.24, 2.45) is 0 Å². The lowest BCUT2D eigenvalue weighted by Crippen LogP contribution is -2.05. The van der Waals surface area contributed by atoms with E-state index in [1.54, 1.807) is 0 Å². The van der Waals surface area contributed by atoms with Gasteiger partial charge in [-0.25, -0.2) is 0 Å². The molecule has 0 bridgehead atoms. The van der Waals surface area contributed by atoms with Crippen molar-refractivity contribution in [1.82, 2.24) is 0 Å². The molecule has 1 aromatic heterocycles. The van der Waals surface area contributed by atoms with Gasteiger partial charge in [-0.1, -0.05) is 200 Å². The lowest BCUT2D eigenvalue weighted by molar-refractivity contribution is 0.670. The number of furan rings is 1. The van der Waals surface area contributed by atoms with Crippen molar-refractivity contribution in [3.63, 3.8) is 0 Å². The first-order valence-corrected chi connectivity index (χ1v) is 18.6. The lowest BCUT2D eigenvalue weighted by atomic mass is 9.80. The van der Waals surface area contributed by atoms with E-state index in [4.69, 9.17) is 4.42 Å². The maximum Gasteiger partial charge on any atom is 0.143 e. The lowest BCUT2D eigenvalue weighted by Gasteiger charge is -2.23. The zero-order chi connectivity index (χ0) is 35.8. The molecule has 0 N–H and O–H groups in total. The van der Waals surface area contributed by atoms with E-state index in [0.717, 1.165) is 33.1 Å². The van der Waals surface area contributed by atoms with Gasteiger partial charge in [0, 0.05) is 22.3 Å². The first-order valence-electron chi connectivity index (χ1n) is 18.6. The third-order valence-electron chi connectivity index (χ3n) is 10.9. The molecule has 0 aliphatic heterocycles. The minimum absolute atomic E-state index is 0.0143. The van der Waals surface area contributed by atoms with Gasteiger partial charge in [0.15, 0.2) is 0 Å². The van der Waals surface area contributed by atoms with E-state index in [0.29, 0.717) is 0 Å². The summed E-state index contributed by atoms with van der Waals surface area (Å²) < 4.78 is 6.43. The number of rotatable bonds is 7. The van der Waals surface area contributed by atoms with E-state index in [1.807, 2.05) is 12.1 Å². The number of fused-ring (bicyclic) bond motifs is 4. The fraction of sp³-hybridized carbons (Fsp3) is 0.0189. The molecule has 1 heterocycles. The summed E-state index contributed by atoms with van der Waals surface area (Å²) in [5.74, 6) is 0.0143. The quantitative estimate of drug-likeness (QED) is 0.152. The van der Waals surface area contributed by atoms with E-state index >= 15 is 0 Å². The average Bonchev–Trinajstić information content (AvgIpc) is 3.64. The molecule has 0 fully saturated rings. The van der Waals surface area contributed by atoms with Gasteiger partial charge in [0.1, 0.15) is 11.2 Å². The summed E-state index contributed by atoms with van der Waals surface area (Å²) in [5.41, 5.74) is 15.2. The fourth-order valence-electron chi connectivity index (χ4n) is 8.20. The molecule has 54 heavy (non-hydrogen) atoms. The van der Waals surface area contributed by atoms with Crippen LogP contribution in [0.4, 0.5) is 0 Å². The monoisotopic (exact) mass is 688 g/mol. The Morgan fingerprint density at radius 1 is 0.296 bits per heavy atom. The van der Waals surface area contributed by atoms with E-state index in [9.17, 15) is 0 Å². The SMILES string of the molecule is c1ccc(-c2cccc(-c3ccc(C(c4ccc(-c5cccc6c5oc5ccccc56)cc4)c4ccc(-c5ccccc5)c5ccccc45)cc3)c2)cc1. The maximum absolute atomic E-state index is 6.43. The highest BCUT2D eigenvalue weighted by atomic mass is 16.3. The molecule has 0 amide bonds. The fourth-order valence-corrected chi connectivity index (χ4v) is 8.20. The zero-order valence-corrected chi connectivity index (χ0v) is 29.7. The second kappa shape index (κ2) is 13.5. The second-order valence-electron chi connectivity index (χ2n) is 14.0. The van der Waals surface area contributed by atoms with Gasteiger partial charge in [-0.15, -0.1) is 0 Å². The van der Waals surface area contributed by atoms with Crippen LogP contribution in [0.5, 0.6) is 0 Å². The molecule has 10 rings (SSSR count). The first-order chi connectivity index (χ1) is 26.8. The van der Waals surface area contributed by atoms with Crippen LogP contribution in [-0.4, -0.2) is 0 Å². The third kappa shape index (κ3) is 5.68. The molecule has 1 unspecified atom stereocenters. The smallest absolute Gasteiger partial charge is 0.143 e. The Balaban J connectivity index is 1.09. The summed E-state index contributed by atoms with van der Waals surface area (Å²) in [6.07, 6.45) is 0. The van der Waals surface area contributed by atoms with Crippen LogP contribution in [0.3, 0.4) is 0 Å². The normalized spacial score (nSPS) is 12.0. The predicted octanol–water partition coefficient (Wildman–Crippen LogP) is 14.6. The minimum atomic E-state index is 0.0143. The largest absolute Gasteiger partial charge is 0.455 e. The predicted molar refractivity (Wildman–Crippen MR) is 227 cm³/mol. The molecular formula is C53H36O. The Bertz CT molecular complexity index is 2900. The van der Waals surface area contributed by atoms with Crippen molar-refractivity contribution in [3.05, 3.63) is 229 Å². The molecule has 0 saturated heterocycles. The maximum atomic E-state index is 6.43. The summed E-state index contributed by atoms with van der Waals surface area (Å²) in [5, 5.41) is 4.81. The van der Waals surface area contributed by atoms with Crippen molar-refractivity contribution in [2.75, 3.05) is 0 Å². The molecule has 0 saturated carbocycles. The van der Waals surface area contributed by atoms with Crippen LogP contribution in [0.25, 0.3) is 77.2 Å². The number of benzene rings is 9. The van der Waals surface area contributed by atoms with Crippen LogP contribution in [-0.2, 0) is 0 Å². The van der Waals surface area contributed by atoms with E-state index in [-0.39, 0.29) is 5.92 Å². The van der Waals surface area contributed by atoms with Crippen molar-refractivity contribution >= 4 is 32.7 Å². The molecule has 10 aromatic rings. The Morgan fingerprint density at radius 3 is 1.50 bits per heavy atom. The molecule has 9 aromatic carbocycles. The van der Waals surface area contributed by atoms with Crippen molar-refractivity contribution in [2.45, 2.75) is 5.92 Å². The summed E-state index contributed by atoms with van der Waals surface area (Å²) >= 11 is 0. The standard InChI is InChI=1S/C53H36O/c1-3-13-36(14-4-1)42-17-11-18-43(35-42)37-25-29-40(30-26-37)52(49-34-33-44(38-15-5-2-6-16-38)46-19-7-8-20-47(46)49)41-31-27-39(28-32-41)45-22-12-23-50-48-21-9-10-24-51(48)54-53(45)50/h1-35,52H. The van der Waals surface area contributed by atoms with Crippen LogP contribution in [0.2, 0.25) is 0 Å². The van der Waals surface area contributed by atoms with Crippen molar-refractivity contribution in [1.29, 1.82) is 0 Å². The summed E-state index contributed by atoms with van der Waals surface area (Å²) in [6.45, 7) is 0. The zero-order valence-electron chi connectivity index (χ0n) is 29.7. The van der Waals surface area contributed by atoms with Crippen LogP contribution >= 0.6 is 0 Å². The molecule has 0 radical (unpaired) electrons. The van der Waals surface area contributed by atoms with Gasteiger partial charge in [0.2, 0.25) is 0 Å². The second-order valence-corrected chi connectivity index (χ2v) is 14.0. The van der Waals surface area contributed by atoms with E-state index < -0.39 is 0 Å². The topological polar surface area (TPSA) is 13.1 Å². The molecule has 1 atom stereocenters. The molecule has 0 aliphatic carbocycles. The summed E-state index contributed by atoms with van der Waals surface area (Å²) in [7, 11) is 0. The van der Waals surface area contributed by atoms with Gasteiger partial charge < -0.3 is 4.42 Å². The highest BCUT2D eigenvalue weighted by Gasteiger charge is 2.22. The number of hydrogen-bond acceptors (Lipinski definition) is 1. The van der Waals surface area contributed by atoms with Gasteiger partial charge in [0.05, 0.1) is 0 Å². The van der Waals surface area contributed by atoms with Crippen LogP contribution in [0.1, 0.15) is 22.6 Å². The van der Waals surface area contributed by atoms with Crippen LogP contribution < -0.4 is 0 Å². The summed E-state index contributed by atoms with van der Waals surface area (Å²) in [4.78, 5) is 0.